The molecule has 6 heteroatoms. The molecule has 2 amide bonds. The van der Waals surface area contributed by atoms with Crippen molar-refractivity contribution < 1.29 is 19.1 Å². The maximum Gasteiger partial charge on any atom is 0.334 e. The Bertz CT molecular complexity index is 678. The normalized spacial score (nSPS) is 24.7. The first kappa shape index (κ1) is 17.0. The van der Waals surface area contributed by atoms with E-state index in [0.717, 1.165) is 36.1 Å². The van der Waals surface area contributed by atoms with Crippen molar-refractivity contribution in [2.75, 3.05) is 0 Å². The molecule has 1 aromatic carbocycles. The number of halogens is 1. The third-order valence-electron chi connectivity index (χ3n) is 4.90. The molecule has 0 spiro atoms. The average molecular weight is 350 g/mol. The largest absolute Gasteiger partial charge is 0.423 e. The molecule has 0 N–H and O–H groups in total. The van der Waals surface area contributed by atoms with Gasteiger partial charge in [-0.3, -0.25) is 14.5 Å². The SMILES string of the molecule is Cc1ccc(Cl)c(OC(=O)[C@H](C)N2C(=O)[C@H]3CCCC[C@H]3C2=O)c1. The van der Waals surface area contributed by atoms with Gasteiger partial charge in [0, 0.05) is 0 Å². The van der Waals surface area contributed by atoms with E-state index in [1.807, 2.05) is 6.92 Å². The van der Waals surface area contributed by atoms with Crippen LogP contribution in [0.25, 0.3) is 0 Å². The van der Waals surface area contributed by atoms with Gasteiger partial charge in [0.15, 0.2) is 0 Å². The highest BCUT2D eigenvalue weighted by molar-refractivity contribution is 6.32. The van der Waals surface area contributed by atoms with E-state index in [1.54, 1.807) is 18.2 Å². The lowest BCUT2D eigenvalue weighted by molar-refractivity contribution is -0.152. The van der Waals surface area contributed by atoms with E-state index in [-0.39, 0.29) is 29.4 Å². The maximum atomic E-state index is 12.5. The van der Waals surface area contributed by atoms with E-state index in [1.165, 1.54) is 6.92 Å². The van der Waals surface area contributed by atoms with Gasteiger partial charge in [-0.2, -0.15) is 0 Å². The fourth-order valence-corrected chi connectivity index (χ4v) is 3.71. The number of rotatable bonds is 3. The Labute approximate surface area is 145 Å². The van der Waals surface area contributed by atoms with Crippen LogP contribution in [0, 0.1) is 18.8 Å². The minimum atomic E-state index is -0.952. The van der Waals surface area contributed by atoms with Crippen LogP contribution in [0.1, 0.15) is 38.2 Å². The van der Waals surface area contributed by atoms with E-state index >= 15 is 0 Å². The molecule has 1 aromatic rings. The van der Waals surface area contributed by atoms with Gasteiger partial charge >= 0.3 is 5.97 Å². The van der Waals surface area contributed by atoms with Crippen LogP contribution in [0.15, 0.2) is 18.2 Å². The molecule has 128 valence electrons. The summed E-state index contributed by atoms with van der Waals surface area (Å²) in [6.45, 7) is 3.38. The van der Waals surface area contributed by atoms with Gasteiger partial charge in [-0.1, -0.05) is 30.5 Å². The zero-order valence-electron chi connectivity index (χ0n) is 13.8. The number of nitrogens with zero attached hydrogens (tertiary/aromatic N) is 1. The Morgan fingerprint density at radius 2 is 1.79 bits per heavy atom. The second kappa shape index (κ2) is 6.55. The highest BCUT2D eigenvalue weighted by atomic mass is 35.5. The third-order valence-corrected chi connectivity index (χ3v) is 5.21. The van der Waals surface area contributed by atoms with Crippen molar-refractivity contribution >= 4 is 29.4 Å². The number of fused-ring (bicyclic) bond motifs is 1. The molecule has 2 aliphatic rings. The molecule has 0 bridgehead atoms. The van der Waals surface area contributed by atoms with Gasteiger partial charge in [0.2, 0.25) is 11.8 Å². The number of carbonyl (C=O) groups excluding carboxylic acids is 3. The standard InChI is InChI=1S/C18H20ClNO4/c1-10-7-8-14(19)15(9-10)24-18(23)11(2)20-16(21)12-5-3-4-6-13(12)17(20)22/h7-9,11-13H,3-6H2,1-2H3/t11-,12-,13+/m0/s1. The molecular formula is C18H20ClNO4. The number of ether oxygens (including phenoxy) is 1. The molecule has 1 saturated heterocycles. The second-order valence-corrected chi connectivity index (χ2v) is 6.98. The Balaban J connectivity index is 1.77. The van der Waals surface area contributed by atoms with Crippen LogP contribution >= 0.6 is 11.6 Å². The molecule has 3 rings (SSSR count). The average Bonchev–Trinajstić information content (AvgIpc) is 2.82. The quantitative estimate of drug-likeness (QED) is 0.478. The zero-order chi connectivity index (χ0) is 17.4. The highest BCUT2D eigenvalue weighted by Gasteiger charge is 2.51. The molecule has 0 aromatic heterocycles. The summed E-state index contributed by atoms with van der Waals surface area (Å²) in [6, 6.07) is 4.15. The fraction of sp³-hybridized carbons (Fsp3) is 0.500. The van der Waals surface area contributed by atoms with Crippen LogP contribution in [0.3, 0.4) is 0 Å². The number of hydrogen-bond donors (Lipinski definition) is 0. The predicted octanol–water partition coefficient (Wildman–Crippen LogP) is 3.12. The fourth-order valence-electron chi connectivity index (χ4n) is 3.56. The van der Waals surface area contributed by atoms with E-state index < -0.39 is 12.0 Å². The highest BCUT2D eigenvalue weighted by Crippen LogP contribution is 2.39. The summed E-state index contributed by atoms with van der Waals surface area (Å²) < 4.78 is 5.33. The molecule has 1 saturated carbocycles. The van der Waals surface area contributed by atoms with Gasteiger partial charge < -0.3 is 4.74 Å². The van der Waals surface area contributed by atoms with Crippen molar-refractivity contribution in [1.29, 1.82) is 0 Å². The number of hydrogen-bond acceptors (Lipinski definition) is 4. The first-order valence-electron chi connectivity index (χ1n) is 8.25. The van der Waals surface area contributed by atoms with Crippen LogP contribution in [-0.4, -0.2) is 28.7 Å². The van der Waals surface area contributed by atoms with Gasteiger partial charge in [-0.05, 0) is 44.4 Å². The van der Waals surface area contributed by atoms with Crippen LogP contribution < -0.4 is 4.74 Å². The van der Waals surface area contributed by atoms with Gasteiger partial charge in [0.05, 0.1) is 16.9 Å². The number of aryl methyl sites for hydroxylation is 1. The summed E-state index contributed by atoms with van der Waals surface area (Å²) in [6.07, 6.45) is 3.34. The van der Waals surface area contributed by atoms with Gasteiger partial charge in [0.25, 0.3) is 0 Å². The Hall–Kier alpha value is -1.88. The molecule has 1 aliphatic carbocycles. The molecule has 24 heavy (non-hydrogen) atoms. The molecule has 1 heterocycles. The summed E-state index contributed by atoms with van der Waals surface area (Å²) in [5.41, 5.74) is 0.897. The van der Waals surface area contributed by atoms with Crippen molar-refractivity contribution in [3.05, 3.63) is 28.8 Å². The molecule has 2 fully saturated rings. The van der Waals surface area contributed by atoms with Crippen molar-refractivity contribution in [1.82, 2.24) is 4.90 Å². The number of benzene rings is 1. The predicted molar refractivity (Wildman–Crippen MR) is 88.6 cm³/mol. The van der Waals surface area contributed by atoms with Crippen LogP contribution in [0.2, 0.25) is 5.02 Å². The van der Waals surface area contributed by atoms with Gasteiger partial charge in [-0.15, -0.1) is 0 Å². The summed E-state index contributed by atoms with van der Waals surface area (Å²) in [4.78, 5) is 38.6. The number of imide groups is 1. The van der Waals surface area contributed by atoms with Gasteiger partial charge in [0.1, 0.15) is 11.8 Å². The van der Waals surface area contributed by atoms with Crippen molar-refractivity contribution in [2.24, 2.45) is 11.8 Å². The zero-order valence-corrected chi connectivity index (χ0v) is 14.5. The Morgan fingerprint density at radius 3 is 2.38 bits per heavy atom. The van der Waals surface area contributed by atoms with Crippen molar-refractivity contribution in [2.45, 2.75) is 45.6 Å². The van der Waals surface area contributed by atoms with Crippen LogP contribution in [0.5, 0.6) is 5.75 Å². The monoisotopic (exact) mass is 349 g/mol. The maximum absolute atomic E-state index is 12.5. The van der Waals surface area contributed by atoms with E-state index in [4.69, 9.17) is 16.3 Å². The minimum Gasteiger partial charge on any atom is -0.423 e. The smallest absolute Gasteiger partial charge is 0.334 e. The molecular weight excluding hydrogens is 330 g/mol. The molecule has 0 radical (unpaired) electrons. The summed E-state index contributed by atoms with van der Waals surface area (Å²) in [7, 11) is 0. The van der Waals surface area contributed by atoms with E-state index in [0.29, 0.717) is 5.02 Å². The molecule has 1 aliphatic heterocycles. The van der Waals surface area contributed by atoms with Crippen LogP contribution in [-0.2, 0) is 14.4 Å². The second-order valence-electron chi connectivity index (χ2n) is 6.57. The van der Waals surface area contributed by atoms with Gasteiger partial charge in [-0.25, -0.2) is 4.79 Å². The number of carbonyl (C=O) groups is 3. The van der Waals surface area contributed by atoms with Crippen LogP contribution in [0.4, 0.5) is 0 Å². The molecule has 5 nitrogen and oxygen atoms in total. The summed E-state index contributed by atoms with van der Waals surface area (Å²) >= 11 is 6.04. The number of esters is 1. The minimum absolute atomic E-state index is 0.241. The number of likely N-dealkylation sites (tertiary alicyclic amines) is 1. The molecule has 0 unspecified atom stereocenters. The third kappa shape index (κ3) is 2.93. The topological polar surface area (TPSA) is 63.7 Å². The summed E-state index contributed by atoms with van der Waals surface area (Å²) in [5.74, 6) is -1.45. The lowest BCUT2D eigenvalue weighted by Crippen LogP contribution is -2.45. The van der Waals surface area contributed by atoms with E-state index in [9.17, 15) is 14.4 Å². The van der Waals surface area contributed by atoms with Crippen molar-refractivity contribution in [3.8, 4) is 5.75 Å². The molecule has 3 atom stereocenters. The Kier molecular flexibility index (Phi) is 4.63. The lowest BCUT2D eigenvalue weighted by Gasteiger charge is -2.21. The first-order chi connectivity index (χ1) is 11.4. The Morgan fingerprint density at radius 1 is 1.21 bits per heavy atom. The number of amides is 2. The lowest BCUT2D eigenvalue weighted by atomic mass is 9.81. The first-order valence-corrected chi connectivity index (χ1v) is 8.62. The summed E-state index contributed by atoms with van der Waals surface area (Å²) in [5, 5.41) is 0.314. The van der Waals surface area contributed by atoms with E-state index in [2.05, 4.69) is 0 Å². The van der Waals surface area contributed by atoms with Crippen molar-refractivity contribution in [3.63, 3.8) is 0 Å².